The van der Waals surface area contributed by atoms with Gasteiger partial charge < -0.3 is 8.92 Å². The number of ether oxygens (including phenoxy) is 1. The van der Waals surface area contributed by atoms with E-state index >= 15 is 0 Å². The number of hydrazone groups is 1. The van der Waals surface area contributed by atoms with Crippen LogP contribution >= 0.6 is 11.8 Å². The largest absolute Gasteiger partial charge is 0.493 e. The molecule has 0 saturated carbocycles. The predicted octanol–water partition coefficient (Wildman–Crippen LogP) is 3.80. The Kier molecular flexibility index (Phi) is 6.09. The number of hydrogen-bond acceptors (Lipinski definition) is 8. The van der Waals surface area contributed by atoms with E-state index in [0.29, 0.717) is 17.2 Å². The highest BCUT2D eigenvalue weighted by Crippen LogP contribution is 2.33. The van der Waals surface area contributed by atoms with Crippen LogP contribution in [0.5, 0.6) is 11.5 Å². The van der Waals surface area contributed by atoms with E-state index in [1.807, 2.05) is 13.8 Å². The van der Waals surface area contributed by atoms with Crippen molar-refractivity contribution < 1.29 is 22.1 Å². The monoisotopic (exact) mass is 484 g/mol. The third kappa shape index (κ3) is 4.55. The third-order valence-electron chi connectivity index (χ3n) is 4.81. The van der Waals surface area contributed by atoms with Gasteiger partial charge in [-0.25, -0.2) is 0 Å². The molecule has 0 saturated heterocycles. The summed E-state index contributed by atoms with van der Waals surface area (Å²) < 4.78 is 35.8. The second kappa shape index (κ2) is 8.83. The van der Waals surface area contributed by atoms with Gasteiger partial charge in [-0.1, -0.05) is 30.7 Å². The summed E-state index contributed by atoms with van der Waals surface area (Å²) >= 11 is 1.27. The lowest BCUT2D eigenvalue weighted by Gasteiger charge is -2.20. The predicted molar refractivity (Wildman–Crippen MR) is 127 cm³/mol. The molecule has 0 aromatic heterocycles. The van der Waals surface area contributed by atoms with Gasteiger partial charge in [0.05, 0.1) is 12.7 Å². The number of aryl methyl sites for hydroxylation is 1. The molecule has 2 aromatic rings. The molecule has 0 atom stereocenters. The molecule has 33 heavy (non-hydrogen) atoms. The zero-order chi connectivity index (χ0) is 23.8. The number of carbonyl (C=O) groups is 1. The highest BCUT2D eigenvalue weighted by molar-refractivity contribution is 8.26. The molecule has 0 bridgehead atoms. The number of carbonyl (C=O) groups excluding carboxylic acids is 1. The Morgan fingerprint density at radius 3 is 2.55 bits per heavy atom. The summed E-state index contributed by atoms with van der Waals surface area (Å²) in [7, 11) is -2.68. The van der Waals surface area contributed by atoms with E-state index in [2.05, 4.69) is 10.1 Å². The Bertz CT molecular complexity index is 1350. The number of amidine groups is 2. The number of rotatable bonds is 6. The Hall–Kier alpha value is -3.44. The van der Waals surface area contributed by atoms with Crippen LogP contribution in [0.25, 0.3) is 6.08 Å². The van der Waals surface area contributed by atoms with Crippen LogP contribution in [0.4, 0.5) is 0 Å². The van der Waals surface area contributed by atoms with Crippen LogP contribution in [0.3, 0.4) is 0 Å². The number of fused-ring (bicyclic) bond motifs is 1. The molecule has 0 unspecified atom stereocenters. The molecule has 0 aliphatic carbocycles. The van der Waals surface area contributed by atoms with Gasteiger partial charge in [0.1, 0.15) is 9.94 Å². The number of nitrogens with one attached hydrogen (secondary N) is 1. The first kappa shape index (κ1) is 22.7. The van der Waals surface area contributed by atoms with Gasteiger partial charge in [0.25, 0.3) is 5.91 Å². The molecule has 170 valence electrons. The van der Waals surface area contributed by atoms with Gasteiger partial charge in [0.2, 0.25) is 5.17 Å². The molecule has 2 aliphatic rings. The highest BCUT2D eigenvalue weighted by Gasteiger charge is 2.35. The Morgan fingerprint density at radius 2 is 1.88 bits per heavy atom. The van der Waals surface area contributed by atoms with Crippen molar-refractivity contribution in [3.63, 3.8) is 0 Å². The van der Waals surface area contributed by atoms with E-state index in [1.165, 1.54) is 54.2 Å². The summed E-state index contributed by atoms with van der Waals surface area (Å²) in [6.07, 6.45) is 2.15. The SMILES string of the molecule is CCC1=NN2C(=N)C(=Cc3ccc(OS(=O)(=O)c4ccc(C)cc4)c(OC)c3)C(=O)N=C2S1. The molecule has 2 aromatic carbocycles. The Labute approximate surface area is 195 Å². The molecule has 0 spiro atoms. The lowest BCUT2D eigenvalue weighted by atomic mass is 10.1. The first-order valence-corrected chi connectivity index (χ1v) is 12.1. The average Bonchev–Trinajstić information content (AvgIpc) is 3.21. The van der Waals surface area contributed by atoms with Gasteiger partial charge in [0, 0.05) is 0 Å². The van der Waals surface area contributed by atoms with Crippen molar-refractivity contribution >= 4 is 49.9 Å². The van der Waals surface area contributed by atoms with Gasteiger partial charge in [-0.3, -0.25) is 10.2 Å². The minimum atomic E-state index is -4.06. The van der Waals surface area contributed by atoms with Gasteiger partial charge in [-0.15, -0.1) is 0 Å². The van der Waals surface area contributed by atoms with Gasteiger partial charge in [0.15, 0.2) is 17.3 Å². The van der Waals surface area contributed by atoms with Crippen molar-refractivity contribution in [2.24, 2.45) is 10.1 Å². The number of benzene rings is 2. The van der Waals surface area contributed by atoms with Crippen LogP contribution in [0.1, 0.15) is 24.5 Å². The van der Waals surface area contributed by atoms with Gasteiger partial charge in [-0.2, -0.15) is 23.5 Å². The molecule has 11 heteroatoms. The summed E-state index contributed by atoms with van der Waals surface area (Å²) in [6, 6.07) is 10.8. The minimum absolute atomic E-state index is 0.00119. The van der Waals surface area contributed by atoms with Crippen molar-refractivity contribution in [2.75, 3.05) is 7.11 Å². The fraction of sp³-hybridized carbons (Fsp3) is 0.182. The molecule has 0 fully saturated rings. The summed E-state index contributed by atoms with van der Waals surface area (Å²) in [5, 5.41) is 15.2. The fourth-order valence-electron chi connectivity index (χ4n) is 3.06. The molecule has 9 nitrogen and oxygen atoms in total. The van der Waals surface area contributed by atoms with E-state index in [4.69, 9.17) is 14.3 Å². The second-order valence-electron chi connectivity index (χ2n) is 7.13. The third-order valence-corrected chi connectivity index (χ3v) is 7.11. The van der Waals surface area contributed by atoms with Crippen LogP contribution in [0.15, 0.2) is 63.0 Å². The zero-order valence-corrected chi connectivity index (χ0v) is 19.7. The first-order chi connectivity index (χ1) is 15.7. The molecule has 1 amide bonds. The van der Waals surface area contributed by atoms with E-state index < -0.39 is 16.0 Å². The standard InChI is InChI=1S/C22H20N4O5S2/c1-4-19-25-26-20(23)16(21(27)24-22(26)32-19)11-14-7-10-17(18(12-14)30-3)31-33(28,29)15-8-5-13(2)6-9-15/h5-12,23H,4H2,1-3H3. The molecular weight excluding hydrogens is 464 g/mol. The summed E-state index contributed by atoms with van der Waals surface area (Å²) in [6.45, 7) is 3.79. The fourth-order valence-corrected chi connectivity index (χ4v) is 4.82. The summed E-state index contributed by atoms with van der Waals surface area (Å²) in [5.41, 5.74) is 1.49. The number of aliphatic imine (C=N–C) groups is 1. The van der Waals surface area contributed by atoms with Crippen molar-refractivity contribution in [3.8, 4) is 11.5 Å². The normalized spacial score (nSPS) is 17.1. The lowest BCUT2D eigenvalue weighted by molar-refractivity contribution is -0.114. The minimum Gasteiger partial charge on any atom is -0.493 e. The Morgan fingerprint density at radius 1 is 1.15 bits per heavy atom. The van der Waals surface area contributed by atoms with Crippen LogP contribution in [0, 0.1) is 12.3 Å². The number of hydrogen-bond donors (Lipinski definition) is 1. The van der Waals surface area contributed by atoms with E-state index in [1.54, 1.807) is 18.2 Å². The zero-order valence-electron chi connectivity index (χ0n) is 18.0. The molecule has 4 rings (SSSR count). The van der Waals surface area contributed by atoms with E-state index in [0.717, 1.165) is 10.6 Å². The van der Waals surface area contributed by atoms with Crippen LogP contribution in [-0.4, -0.2) is 42.5 Å². The van der Waals surface area contributed by atoms with Crippen molar-refractivity contribution in [3.05, 3.63) is 59.2 Å². The van der Waals surface area contributed by atoms with Gasteiger partial charge in [-0.05, 0) is 61.0 Å². The second-order valence-corrected chi connectivity index (χ2v) is 9.71. The average molecular weight is 485 g/mol. The molecule has 2 aliphatic heterocycles. The number of nitrogens with zero attached hydrogens (tertiary/aromatic N) is 3. The topological polar surface area (TPSA) is 121 Å². The first-order valence-electron chi connectivity index (χ1n) is 9.90. The lowest BCUT2D eigenvalue weighted by Crippen LogP contribution is -2.35. The van der Waals surface area contributed by atoms with E-state index in [-0.39, 0.29) is 27.8 Å². The maximum Gasteiger partial charge on any atom is 0.339 e. The van der Waals surface area contributed by atoms with Crippen LogP contribution < -0.4 is 8.92 Å². The molecular formula is C22H20N4O5S2. The summed E-state index contributed by atoms with van der Waals surface area (Å²) in [5.74, 6) is -0.476. The van der Waals surface area contributed by atoms with E-state index in [9.17, 15) is 13.2 Å². The Balaban J connectivity index is 1.63. The van der Waals surface area contributed by atoms with Crippen molar-refractivity contribution in [1.82, 2.24) is 5.01 Å². The number of methoxy groups -OCH3 is 1. The maximum atomic E-state index is 12.6. The van der Waals surface area contributed by atoms with Crippen molar-refractivity contribution in [1.29, 1.82) is 5.41 Å². The molecule has 1 N–H and O–H groups in total. The quantitative estimate of drug-likeness (QED) is 0.489. The maximum absolute atomic E-state index is 12.6. The number of amides is 1. The van der Waals surface area contributed by atoms with Crippen molar-refractivity contribution in [2.45, 2.75) is 25.2 Å². The summed E-state index contributed by atoms with van der Waals surface area (Å²) in [4.78, 5) is 16.6. The highest BCUT2D eigenvalue weighted by atomic mass is 32.2. The van der Waals surface area contributed by atoms with Crippen LogP contribution in [-0.2, 0) is 14.9 Å². The van der Waals surface area contributed by atoms with Crippen LogP contribution in [0.2, 0.25) is 0 Å². The molecule has 2 heterocycles. The van der Waals surface area contributed by atoms with Gasteiger partial charge >= 0.3 is 10.1 Å². The molecule has 0 radical (unpaired) electrons. The smallest absolute Gasteiger partial charge is 0.339 e. The number of thioether (sulfide) groups is 1.